The molecule has 124 valence electrons. The minimum absolute atomic E-state index is 0.0637. The number of thiophene rings is 1. The number of nitrogens with one attached hydrogen (secondary N) is 1. The fourth-order valence-corrected chi connectivity index (χ4v) is 3.83. The fraction of sp³-hybridized carbons (Fsp3) is 0.235. The number of fused-ring (bicyclic) bond motifs is 1. The normalized spacial score (nSPS) is 12.1. The number of ether oxygens (including phenoxy) is 1. The second kappa shape index (κ2) is 7.63. The molecule has 2 heterocycles. The van der Waals surface area contributed by atoms with Crippen molar-refractivity contribution in [3.63, 3.8) is 0 Å². The summed E-state index contributed by atoms with van der Waals surface area (Å²) in [6.45, 7) is 4.43. The Balaban J connectivity index is 1.65. The van der Waals surface area contributed by atoms with E-state index in [1.807, 2.05) is 49.6 Å². The van der Waals surface area contributed by atoms with Crippen LogP contribution in [0.15, 0.2) is 47.1 Å². The van der Waals surface area contributed by atoms with Crippen LogP contribution in [0, 0.1) is 0 Å². The molecule has 0 fully saturated rings. The molecule has 3 aromatic rings. The van der Waals surface area contributed by atoms with Crippen molar-refractivity contribution in [2.45, 2.75) is 24.1 Å². The molecule has 24 heavy (non-hydrogen) atoms. The molecule has 0 saturated carbocycles. The summed E-state index contributed by atoms with van der Waals surface area (Å²) in [5.41, 5.74) is 0.749. The van der Waals surface area contributed by atoms with Crippen LogP contribution in [-0.2, 0) is 4.79 Å². The molecule has 0 aliphatic carbocycles. The summed E-state index contributed by atoms with van der Waals surface area (Å²) in [5, 5.41) is 6.45. The number of rotatable bonds is 6. The van der Waals surface area contributed by atoms with Gasteiger partial charge >= 0.3 is 0 Å². The summed E-state index contributed by atoms with van der Waals surface area (Å²) in [5.74, 6) is 0.727. The lowest BCUT2D eigenvalue weighted by Crippen LogP contribution is -2.22. The topological polar surface area (TPSA) is 64.1 Å². The number of carbonyl (C=O) groups is 1. The Bertz CT molecular complexity index is 833. The van der Waals surface area contributed by atoms with Gasteiger partial charge in [-0.3, -0.25) is 4.79 Å². The Hall–Kier alpha value is -2.12. The first kappa shape index (κ1) is 16.7. The van der Waals surface area contributed by atoms with Gasteiger partial charge in [0, 0.05) is 11.1 Å². The zero-order chi connectivity index (χ0) is 16.9. The van der Waals surface area contributed by atoms with Gasteiger partial charge in [0.2, 0.25) is 5.91 Å². The largest absolute Gasteiger partial charge is 0.494 e. The maximum Gasteiger partial charge on any atom is 0.237 e. The van der Waals surface area contributed by atoms with E-state index in [1.54, 1.807) is 11.3 Å². The molecule has 1 amide bonds. The van der Waals surface area contributed by atoms with Crippen molar-refractivity contribution in [2.75, 3.05) is 11.9 Å². The van der Waals surface area contributed by atoms with Gasteiger partial charge < -0.3 is 10.1 Å². The van der Waals surface area contributed by atoms with Crippen LogP contribution in [0.1, 0.15) is 13.8 Å². The van der Waals surface area contributed by atoms with Crippen molar-refractivity contribution in [1.82, 2.24) is 9.97 Å². The SMILES string of the molecule is CCOc1ccc(NC(=O)[C@@H](C)Sc2ncnc3sccc23)cc1. The predicted molar refractivity (Wildman–Crippen MR) is 99.0 cm³/mol. The third-order valence-electron chi connectivity index (χ3n) is 3.32. The molecule has 0 spiro atoms. The van der Waals surface area contributed by atoms with Gasteiger partial charge in [0.1, 0.15) is 21.9 Å². The maximum atomic E-state index is 12.4. The molecule has 1 aromatic carbocycles. The van der Waals surface area contributed by atoms with Crippen molar-refractivity contribution in [3.05, 3.63) is 42.0 Å². The minimum atomic E-state index is -0.269. The zero-order valence-electron chi connectivity index (χ0n) is 13.4. The van der Waals surface area contributed by atoms with E-state index in [0.29, 0.717) is 6.61 Å². The van der Waals surface area contributed by atoms with Crippen LogP contribution in [0.2, 0.25) is 0 Å². The van der Waals surface area contributed by atoms with Crippen molar-refractivity contribution < 1.29 is 9.53 Å². The number of thioether (sulfide) groups is 1. The molecule has 1 N–H and O–H groups in total. The van der Waals surface area contributed by atoms with E-state index >= 15 is 0 Å². The average molecular weight is 359 g/mol. The van der Waals surface area contributed by atoms with E-state index in [1.165, 1.54) is 18.1 Å². The Morgan fingerprint density at radius 2 is 2.08 bits per heavy atom. The van der Waals surface area contributed by atoms with Crippen molar-refractivity contribution in [2.24, 2.45) is 0 Å². The zero-order valence-corrected chi connectivity index (χ0v) is 15.0. The number of hydrogen-bond acceptors (Lipinski definition) is 6. The van der Waals surface area contributed by atoms with Gasteiger partial charge in [-0.25, -0.2) is 9.97 Å². The predicted octanol–water partition coefficient (Wildman–Crippen LogP) is 4.21. The number of hydrogen-bond donors (Lipinski definition) is 1. The molecule has 0 radical (unpaired) electrons. The summed E-state index contributed by atoms with van der Waals surface area (Å²) < 4.78 is 5.40. The first-order chi connectivity index (χ1) is 11.7. The molecule has 7 heteroatoms. The van der Waals surface area contributed by atoms with Gasteiger partial charge in [-0.05, 0) is 49.6 Å². The highest BCUT2D eigenvalue weighted by Crippen LogP contribution is 2.30. The van der Waals surface area contributed by atoms with E-state index in [4.69, 9.17) is 4.74 Å². The van der Waals surface area contributed by atoms with E-state index in [9.17, 15) is 4.79 Å². The Labute approximate surface area is 148 Å². The lowest BCUT2D eigenvalue weighted by atomic mass is 10.3. The van der Waals surface area contributed by atoms with Gasteiger partial charge in [-0.2, -0.15) is 0 Å². The summed E-state index contributed by atoms with van der Waals surface area (Å²) >= 11 is 3.00. The van der Waals surface area contributed by atoms with Gasteiger partial charge in [0.15, 0.2) is 0 Å². The standard InChI is InChI=1S/C17H17N3O2S2/c1-3-22-13-6-4-12(5-7-13)20-15(21)11(2)24-17-14-8-9-23-16(14)18-10-19-17/h4-11H,3H2,1-2H3,(H,20,21)/t11-/m1/s1. The van der Waals surface area contributed by atoms with Crippen molar-refractivity contribution in [1.29, 1.82) is 0 Å². The Morgan fingerprint density at radius 1 is 1.29 bits per heavy atom. The molecule has 1 atom stereocenters. The molecule has 0 saturated heterocycles. The lowest BCUT2D eigenvalue weighted by Gasteiger charge is -2.12. The first-order valence-corrected chi connectivity index (χ1v) is 9.32. The van der Waals surface area contributed by atoms with Crippen LogP contribution in [0.4, 0.5) is 5.69 Å². The van der Waals surface area contributed by atoms with Gasteiger partial charge in [-0.15, -0.1) is 11.3 Å². The summed E-state index contributed by atoms with van der Waals surface area (Å²) in [7, 11) is 0. The molecule has 2 aromatic heterocycles. The van der Waals surface area contributed by atoms with E-state index in [0.717, 1.165) is 26.7 Å². The quantitative estimate of drug-likeness (QED) is 0.528. The highest BCUT2D eigenvalue weighted by molar-refractivity contribution is 8.00. The molecule has 0 unspecified atom stereocenters. The maximum absolute atomic E-state index is 12.4. The monoisotopic (exact) mass is 359 g/mol. The molecular formula is C17H17N3O2S2. The second-order valence-electron chi connectivity index (χ2n) is 5.02. The smallest absolute Gasteiger partial charge is 0.237 e. The summed E-state index contributed by atoms with van der Waals surface area (Å²) in [4.78, 5) is 21.9. The molecule has 5 nitrogen and oxygen atoms in total. The van der Waals surface area contributed by atoms with Gasteiger partial charge in [0.05, 0.1) is 11.9 Å². The van der Waals surface area contributed by atoms with Crippen molar-refractivity contribution in [3.8, 4) is 5.75 Å². The number of amides is 1. The molecule has 0 bridgehead atoms. The Kier molecular flexibility index (Phi) is 5.32. The van der Waals surface area contributed by atoms with E-state index in [-0.39, 0.29) is 11.2 Å². The molecule has 3 rings (SSSR count). The second-order valence-corrected chi connectivity index (χ2v) is 7.25. The number of benzene rings is 1. The third kappa shape index (κ3) is 3.85. The molecule has 0 aliphatic heterocycles. The molecule has 0 aliphatic rings. The summed E-state index contributed by atoms with van der Waals surface area (Å²) in [6.07, 6.45) is 1.54. The Morgan fingerprint density at radius 3 is 2.83 bits per heavy atom. The lowest BCUT2D eigenvalue weighted by molar-refractivity contribution is -0.115. The van der Waals surface area contributed by atoms with Crippen LogP contribution in [-0.4, -0.2) is 27.7 Å². The highest BCUT2D eigenvalue weighted by Gasteiger charge is 2.17. The fourth-order valence-electron chi connectivity index (χ4n) is 2.13. The van der Waals surface area contributed by atoms with Crippen LogP contribution in [0.3, 0.4) is 0 Å². The first-order valence-electron chi connectivity index (χ1n) is 7.56. The van der Waals surface area contributed by atoms with Crippen LogP contribution < -0.4 is 10.1 Å². The van der Waals surface area contributed by atoms with E-state index in [2.05, 4.69) is 15.3 Å². The number of nitrogens with zero attached hydrogens (tertiary/aromatic N) is 2. The van der Waals surface area contributed by atoms with Gasteiger partial charge in [-0.1, -0.05) is 11.8 Å². The van der Waals surface area contributed by atoms with E-state index < -0.39 is 0 Å². The van der Waals surface area contributed by atoms with Crippen molar-refractivity contribution >= 4 is 44.9 Å². The molecular weight excluding hydrogens is 342 g/mol. The minimum Gasteiger partial charge on any atom is -0.494 e. The average Bonchev–Trinajstić information content (AvgIpc) is 3.06. The number of aromatic nitrogens is 2. The number of carbonyl (C=O) groups excluding carboxylic acids is 1. The van der Waals surface area contributed by atoms with Crippen LogP contribution >= 0.6 is 23.1 Å². The highest BCUT2D eigenvalue weighted by atomic mass is 32.2. The van der Waals surface area contributed by atoms with Crippen LogP contribution in [0.5, 0.6) is 5.75 Å². The third-order valence-corrected chi connectivity index (χ3v) is 5.25. The van der Waals surface area contributed by atoms with Gasteiger partial charge in [0.25, 0.3) is 0 Å². The summed E-state index contributed by atoms with van der Waals surface area (Å²) in [6, 6.07) is 9.34. The van der Waals surface area contributed by atoms with Crippen LogP contribution in [0.25, 0.3) is 10.2 Å². The number of anilines is 1.